The van der Waals surface area contributed by atoms with E-state index in [1.54, 1.807) is 73.1 Å². The van der Waals surface area contributed by atoms with Gasteiger partial charge in [0.15, 0.2) is 0 Å². The first-order valence-corrected chi connectivity index (χ1v) is 11.6. The summed E-state index contributed by atoms with van der Waals surface area (Å²) in [5.74, 6) is 0.577. The molecular weight excluding hydrogens is 484 g/mol. The van der Waals surface area contributed by atoms with Gasteiger partial charge in [0.25, 0.3) is 11.1 Å². The van der Waals surface area contributed by atoms with Crippen LogP contribution in [0.25, 0.3) is 32.9 Å². The van der Waals surface area contributed by atoms with Gasteiger partial charge in [0.05, 0.1) is 0 Å². The summed E-state index contributed by atoms with van der Waals surface area (Å²) in [5, 5.41) is 39.8. The van der Waals surface area contributed by atoms with Gasteiger partial charge < -0.3 is 20.4 Å². The van der Waals surface area contributed by atoms with Crippen LogP contribution in [-0.2, 0) is 0 Å². The lowest BCUT2D eigenvalue weighted by Crippen LogP contribution is -2.17. The molecular formula is C30H22N2O6. The van der Waals surface area contributed by atoms with Crippen LogP contribution in [0.3, 0.4) is 0 Å². The molecule has 0 spiro atoms. The summed E-state index contributed by atoms with van der Waals surface area (Å²) in [4.78, 5) is 24.7. The van der Waals surface area contributed by atoms with Gasteiger partial charge in [-0.1, -0.05) is 0 Å². The Balaban J connectivity index is 0.000000155. The van der Waals surface area contributed by atoms with Crippen LogP contribution in [0.5, 0.6) is 23.0 Å². The highest BCUT2D eigenvalue weighted by atomic mass is 16.3. The Morgan fingerprint density at radius 1 is 0.421 bits per heavy atom. The van der Waals surface area contributed by atoms with Crippen LogP contribution in [0.2, 0.25) is 0 Å². The zero-order valence-electron chi connectivity index (χ0n) is 19.9. The molecule has 38 heavy (non-hydrogen) atoms. The molecule has 4 N–H and O–H groups in total. The maximum absolute atomic E-state index is 12.3. The van der Waals surface area contributed by atoms with Crippen LogP contribution in [0.1, 0.15) is 0 Å². The van der Waals surface area contributed by atoms with Crippen LogP contribution in [0.4, 0.5) is 0 Å². The first-order chi connectivity index (χ1) is 18.3. The summed E-state index contributed by atoms with van der Waals surface area (Å²) in [6.07, 6.45) is 3.30. The Morgan fingerprint density at radius 3 is 1.13 bits per heavy atom. The van der Waals surface area contributed by atoms with E-state index in [-0.39, 0.29) is 34.1 Å². The highest BCUT2D eigenvalue weighted by Crippen LogP contribution is 2.20. The average Bonchev–Trinajstić information content (AvgIpc) is 2.91. The number of aromatic nitrogens is 2. The molecule has 0 radical (unpaired) electrons. The molecule has 0 unspecified atom stereocenters. The fourth-order valence-corrected chi connectivity index (χ4v) is 4.10. The number of rotatable bonds is 2. The van der Waals surface area contributed by atoms with Crippen molar-refractivity contribution in [3.8, 4) is 34.4 Å². The van der Waals surface area contributed by atoms with E-state index < -0.39 is 0 Å². The van der Waals surface area contributed by atoms with E-state index in [0.717, 1.165) is 0 Å². The first kappa shape index (κ1) is 24.2. The Labute approximate surface area is 215 Å². The van der Waals surface area contributed by atoms with Crippen molar-refractivity contribution in [2.45, 2.75) is 0 Å². The SMILES string of the molecule is O=c1c2ccc(O)cc2ccn1-c1ccc(O)cc1.O=c1c2ccc(O)cc2ccn1-c1ccc(O)cc1. The molecule has 0 amide bonds. The van der Waals surface area contributed by atoms with E-state index in [4.69, 9.17) is 0 Å². The van der Waals surface area contributed by atoms with Crippen molar-refractivity contribution >= 4 is 21.5 Å². The van der Waals surface area contributed by atoms with Gasteiger partial charge >= 0.3 is 0 Å². The van der Waals surface area contributed by atoms with E-state index in [2.05, 4.69) is 0 Å². The molecule has 2 heterocycles. The van der Waals surface area contributed by atoms with Crippen LogP contribution in [0, 0.1) is 0 Å². The lowest BCUT2D eigenvalue weighted by Gasteiger charge is -2.07. The number of phenols is 4. The highest BCUT2D eigenvalue weighted by molar-refractivity contribution is 5.84. The van der Waals surface area contributed by atoms with Gasteiger partial charge in [-0.3, -0.25) is 18.7 Å². The van der Waals surface area contributed by atoms with Crippen molar-refractivity contribution in [2.24, 2.45) is 0 Å². The molecule has 0 atom stereocenters. The second-order valence-electron chi connectivity index (χ2n) is 8.56. The third-order valence-electron chi connectivity index (χ3n) is 6.03. The molecule has 8 heteroatoms. The molecule has 0 bridgehead atoms. The van der Waals surface area contributed by atoms with E-state index in [9.17, 15) is 30.0 Å². The summed E-state index contributed by atoms with van der Waals surface area (Å²) in [6.45, 7) is 0. The van der Waals surface area contributed by atoms with Crippen LogP contribution in [-0.4, -0.2) is 29.6 Å². The lowest BCUT2D eigenvalue weighted by molar-refractivity contribution is 0.474. The zero-order valence-corrected chi connectivity index (χ0v) is 19.9. The predicted octanol–water partition coefficient (Wildman–Crippen LogP) is 4.80. The molecule has 0 aliphatic rings. The van der Waals surface area contributed by atoms with Gasteiger partial charge in [0, 0.05) is 34.5 Å². The summed E-state index contributed by atoms with van der Waals surface area (Å²) in [5.41, 5.74) is 1.03. The molecule has 6 rings (SSSR count). The van der Waals surface area contributed by atoms with Gasteiger partial charge in [-0.2, -0.15) is 0 Å². The number of nitrogens with zero attached hydrogens (tertiary/aromatic N) is 2. The number of phenolic OH excluding ortho intramolecular Hbond substituents is 4. The minimum absolute atomic E-state index is 0.134. The number of hydrogen-bond acceptors (Lipinski definition) is 6. The van der Waals surface area contributed by atoms with Crippen LogP contribution >= 0.6 is 0 Å². The van der Waals surface area contributed by atoms with E-state index in [1.165, 1.54) is 45.5 Å². The topological polar surface area (TPSA) is 125 Å². The van der Waals surface area contributed by atoms with Crippen molar-refractivity contribution in [1.82, 2.24) is 9.13 Å². The molecule has 4 aromatic carbocycles. The summed E-state index contributed by atoms with van der Waals surface area (Å²) in [6, 6.07) is 25.6. The Kier molecular flexibility index (Phi) is 6.28. The van der Waals surface area contributed by atoms with Crippen LogP contribution in [0.15, 0.2) is 119 Å². The largest absolute Gasteiger partial charge is 0.508 e. The van der Waals surface area contributed by atoms with Crippen molar-refractivity contribution in [2.75, 3.05) is 0 Å². The number of benzene rings is 4. The minimum atomic E-state index is -0.164. The van der Waals surface area contributed by atoms with Crippen LogP contribution < -0.4 is 11.1 Å². The van der Waals surface area contributed by atoms with Gasteiger partial charge in [-0.15, -0.1) is 0 Å². The van der Waals surface area contributed by atoms with Gasteiger partial charge in [-0.05, 0) is 108 Å². The second kappa shape index (κ2) is 9.87. The Bertz CT molecular complexity index is 1750. The Morgan fingerprint density at radius 2 is 0.763 bits per heavy atom. The fraction of sp³-hybridized carbons (Fsp3) is 0. The highest BCUT2D eigenvalue weighted by Gasteiger charge is 2.06. The van der Waals surface area contributed by atoms with E-state index in [1.807, 2.05) is 0 Å². The predicted molar refractivity (Wildman–Crippen MR) is 146 cm³/mol. The molecule has 0 aliphatic heterocycles. The van der Waals surface area contributed by atoms with E-state index in [0.29, 0.717) is 32.9 Å². The summed E-state index contributed by atoms with van der Waals surface area (Å²) < 4.78 is 3.00. The number of aromatic hydroxyl groups is 4. The van der Waals surface area contributed by atoms with Crippen molar-refractivity contribution in [3.63, 3.8) is 0 Å². The lowest BCUT2D eigenvalue weighted by atomic mass is 10.1. The molecule has 0 aliphatic carbocycles. The number of pyridine rings is 2. The molecule has 0 saturated heterocycles. The monoisotopic (exact) mass is 506 g/mol. The summed E-state index contributed by atoms with van der Waals surface area (Å²) >= 11 is 0. The molecule has 188 valence electrons. The maximum Gasteiger partial charge on any atom is 0.262 e. The average molecular weight is 507 g/mol. The van der Waals surface area contributed by atoms with E-state index >= 15 is 0 Å². The second-order valence-corrected chi connectivity index (χ2v) is 8.56. The van der Waals surface area contributed by atoms with Crippen molar-refractivity contribution in [3.05, 3.63) is 130 Å². The normalized spacial score (nSPS) is 10.7. The molecule has 0 fully saturated rings. The third-order valence-corrected chi connectivity index (χ3v) is 6.03. The molecule has 2 aromatic heterocycles. The first-order valence-electron chi connectivity index (χ1n) is 11.6. The van der Waals surface area contributed by atoms with Gasteiger partial charge in [0.1, 0.15) is 23.0 Å². The third kappa shape index (κ3) is 4.78. The molecule has 6 aromatic rings. The minimum Gasteiger partial charge on any atom is -0.508 e. The fourth-order valence-electron chi connectivity index (χ4n) is 4.10. The number of fused-ring (bicyclic) bond motifs is 2. The van der Waals surface area contributed by atoms with Crippen molar-refractivity contribution < 1.29 is 20.4 Å². The van der Waals surface area contributed by atoms with Gasteiger partial charge in [-0.25, -0.2) is 0 Å². The van der Waals surface area contributed by atoms with Crippen molar-refractivity contribution in [1.29, 1.82) is 0 Å². The zero-order chi connectivity index (χ0) is 26.8. The van der Waals surface area contributed by atoms with Gasteiger partial charge in [0.2, 0.25) is 0 Å². The quantitative estimate of drug-likeness (QED) is 0.267. The standard InChI is InChI=1S/2C15H11NO3/c2*17-12-3-1-11(2-4-12)16-8-7-10-9-13(18)5-6-14(10)15(16)19/h2*1-9,17-18H. The maximum atomic E-state index is 12.3. The molecule has 8 nitrogen and oxygen atoms in total. The summed E-state index contributed by atoms with van der Waals surface area (Å²) in [7, 11) is 0. The smallest absolute Gasteiger partial charge is 0.262 e. The Hall–Kier alpha value is -5.50. The molecule has 0 saturated carbocycles. The number of hydrogen-bond donors (Lipinski definition) is 4.